The van der Waals surface area contributed by atoms with Gasteiger partial charge in [-0.05, 0) is 49.2 Å². The fourth-order valence-corrected chi connectivity index (χ4v) is 2.30. The van der Waals surface area contributed by atoms with Gasteiger partial charge in [-0.1, -0.05) is 19.1 Å². The third-order valence-electron chi connectivity index (χ3n) is 3.51. The van der Waals surface area contributed by atoms with E-state index < -0.39 is 0 Å². The molecule has 0 aliphatic heterocycles. The number of halogens is 1. The van der Waals surface area contributed by atoms with Crippen LogP contribution in [0.5, 0.6) is 5.75 Å². The van der Waals surface area contributed by atoms with E-state index in [0.29, 0.717) is 11.8 Å². The molecule has 0 bridgehead atoms. The first kappa shape index (κ1) is 14.0. The van der Waals surface area contributed by atoms with Crippen LogP contribution in [-0.4, -0.2) is 17.6 Å². The molecule has 110 valence electrons. The Bertz CT molecular complexity index is 596. The molecular formula is C17H19FN2O. The van der Waals surface area contributed by atoms with Crippen LogP contribution in [0.4, 0.5) is 4.39 Å². The van der Waals surface area contributed by atoms with Gasteiger partial charge in [0.05, 0.1) is 17.8 Å². The van der Waals surface area contributed by atoms with Crippen molar-refractivity contribution in [1.29, 1.82) is 0 Å². The minimum atomic E-state index is -0.290. The predicted octanol–water partition coefficient (Wildman–Crippen LogP) is 3.46. The SMILES string of the molecule is CCNC(c1ccc(OC2CC2)cc1)c1ncccc1F. The van der Waals surface area contributed by atoms with E-state index in [1.165, 1.54) is 6.07 Å². The Morgan fingerprint density at radius 1 is 1.29 bits per heavy atom. The number of aromatic nitrogens is 1. The molecule has 0 radical (unpaired) electrons. The van der Waals surface area contributed by atoms with Crippen LogP contribution in [0.3, 0.4) is 0 Å². The highest BCUT2D eigenvalue weighted by Gasteiger charge is 2.24. The van der Waals surface area contributed by atoms with E-state index in [-0.39, 0.29) is 11.9 Å². The maximum atomic E-state index is 14.0. The van der Waals surface area contributed by atoms with Crippen molar-refractivity contribution < 1.29 is 9.13 Å². The summed E-state index contributed by atoms with van der Waals surface area (Å²) in [5, 5.41) is 3.29. The first-order valence-corrected chi connectivity index (χ1v) is 7.38. The van der Waals surface area contributed by atoms with Crippen molar-refractivity contribution in [3.63, 3.8) is 0 Å². The maximum absolute atomic E-state index is 14.0. The van der Waals surface area contributed by atoms with Gasteiger partial charge in [-0.2, -0.15) is 0 Å². The second-order valence-electron chi connectivity index (χ2n) is 5.25. The van der Waals surface area contributed by atoms with Crippen LogP contribution < -0.4 is 10.1 Å². The Kier molecular flexibility index (Phi) is 4.15. The second kappa shape index (κ2) is 6.22. The van der Waals surface area contributed by atoms with Crippen molar-refractivity contribution in [3.05, 3.63) is 59.7 Å². The van der Waals surface area contributed by atoms with Gasteiger partial charge in [0.2, 0.25) is 0 Å². The topological polar surface area (TPSA) is 34.1 Å². The molecule has 1 saturated carbocycles. The van der Waals surface area contributed by atoms with E-state index in [1.807, 2.05) is 31.2 Å². The highest BCUT2D eigenvalue weighted by atomic mass is 19.1. The summed E-state index contributed by atoms with van der Waals surface area (Å²) in [7, 11) is 0. The molecule has 1 fully saturated rings. The average molecular weight is 286 g/mol. The van der Waals surface area contributed by atoms with E-state index >= 15 is 0 Å². The van der Waals surface area contributed by atoms with Gasteiger partial charge in [0.15, 0.2) is 0 Å². The molecule has 1 N–H and O–H groups in total. The lowest BCUT2D eigenvalue weighted by atomic mass is 10.0. The molecule has 4 heteroatoms. The second-order valence-corrected chi connectivity index (χ2v) is 5.25. The molecule has 1 unspecified atom stereocenters. The van der Waals surface area contributed by atoms with Gasteiger partial charge in [-0.3, -0.25) is 4.98 Å². The first-order chi connectivity index (χ1) is 10.3. The van der Waals surface area contributed by atoms with Crippen LogP contribution in [0.2, 0.25) is 0 Å². The molecule has 1 aromatic heterocycles. The molecular weight excluding hydrogens is 267 g/mol. The highest BCUT2D eigenvalue weighted by molar-refractivity contribution is 5.34. The van der Waals surface area contributed by atoms with E-state index in [1.54, 1.807) is 12.3 Å². The number of hydrogen-bond donors (Lipinski definition) is 1. The number of ether oxygens (including phenoxy) is 1. The molecule has 1 aliphatic rings. The van der Waals surface area contributed by atoms with Crippen LogP contribution in [0.1, 0.15) is 37.1 Å². The molecule has 0 saturated heterocycles. The van der Waals surface area contributed by atoms with Crippen molar-refractivity contribution in [2.24, 2.45) is 0 Å². The molecule has 0 spiro atoms. The molecule has 0 amide bonds. The molecule has 3 rings (SSSR count). The first-order valence-electron chi connectivity index (χ1n) is 7.38. The third kappa shape index (κ3) is 3.39. The Labute approximate surface area is 124 Å². The number of pyridine rings is 1. The summed E-state index contributed by atoms with van der Waals surface area (Å²) in [6, 6.07) is 10.6. The lowest BCUT2D eigenvalue weighted by Crippen LogP contribution is -2.24. The van der Waals surface area contributed by atoms with Gasteiger partial charge in [0, 0.05) is 6.20 Å². The smallest absolute Gasteiger partial charge is 0.146 e. The number of nitrogens with one attached hydrogen (secondary N) is 1. The Balaban J connectivity index is 1.84. The maximum Gasteiger partial charge on any atom is 0.146 e. The normalized spacial score (nSPS) is 15.7. The summed E-state index contributed by atoms with van der Waals surface area (Å²) in [5.74, 6) is 0.583. The predicted molar refractivity (Wildman–Crippen MR) is 79.8 cm³/mol. The quantitative estimate of drug-likeness (QED) is 0.883. The van der Waals surface area contributed by atoms with Crippen molar-refractivity contribution in [2.75, 3.05) is 6.54 Å². The lowest BCUT2D eigenvalue weighted by molar-refractivity contribution is 0.303. The largest absolute Gasteiger partial charge is 0.490 e. The van der Waals surface area contributed by atoms with Gasteiger partial charge in [0.25, 0.3) is 0 Å². The summed E-state index contributed by atoms with van der Waals surface area (Å²) in [4.78, 5) is 4.19. The van der Waals surface area contributed by atoms with Crippen LogP contribution in [-0.2, 0) is 0 Å². The van der Waals surface area contributed by atoms with Crippen LogP contribution in [0.25, 0.3) is 0 Å². The Morgan fingerprint density at radius 2 is 2.05 bits per heavy atom. The molecule has 1 aromatic carbocycles. The van der Waals surface area contributed by atoms with Crippen molar-refractivity contribution in [1.82, 2.24) is 10.3 Å². The monoisotopic (exact) mass is 286 g/mol. The zero-order valence-corrected chi connectivity index (χ0v) is 12.1. The minimum absolute atomic E-state index is 0.244. The molecule has 1 heterocycles. The molecule has 2 aromatic rings. The summed E-state index contributed by atoms with van der Waals surface area (Å²) in [6.45, 7) is 2.74. The van der Waals surface area contributed by atoms with E-state index in [9.17, 15) is 4.39 Å². The molecule has 21 heavy (non-hydrogen) atoms. The van der Waals surface area contributed by atoms with Gasteiger partial charge >= 0.3 is 0 Å². The zero-order valence-electron chi connectivity index (χ0n) is 12.1. The van der Waals surface area contributed by atoms with Gasteiger partial charge in [-0.15, -0.1) is 0 Å². The van der Waals surface area contributed by atoms with Gasteiger partial charge < -0.3 is 10.1 Å². The fourth-order valence-electron chi connectivity index (χ4n) is 2.30. The summed E-state index contributed by atoms with van der Waals surface area (Å²) in [6.07, 6.45) is 4.28. The minimum Gasteiger partial charge on any atom is -0.490 e. The zero-order chi connectivity index (χ0) is 14.7. The summed E-state index contributed by atoms with van der Waals surface area (Å²) >= 11 is 0. The van der Waals surface area contributed by atoms with Crippen LogP contribution in [0, 0.1) is 5.82 Å². The van der Waals surface area contributed by atoms with Crippen LogP contribution in [0.15, 0.2) is 42.6 Å². The summed E-state index contributed by atoms with van der Waals surface area (Å²) < 4.78 is 19.7. The van der Waals surface area contributed by atoms with E-state index in [4.69, 9.17) is 4.74 Å². The average Bonchev–Trinajstić information content (AvgIpc) is 3.31. The standard InChI is InChI=1S/C17H19FN2O/c1-2-19-16(17-15(18)4-3-11-20-17)12-5-7-13(8-6-12)21-14-9-10-14/h3-8,11,14,16,19H,2,9-10H2,1H3. The number of hydrogen-bond acceptors (Lipinski definition) is 3. The number of benzene rings is 1. The third-order valence-corrected chi connectivity index (χ3v) is 3.51. The lowest BCUT2D eigenvalue weighted by Gasteiger charge is -2.18. The Hall–Kier alpha value is -1.94. The fraction of sp³-hybridized carbons (Fsp3) is 0.353. The van der Waals surface area contributed by atoms with Gasteiger partial charge in [-0.25, -0.2) is 4.39 Å². The highest BCUT2D eigenvalue weighted by Crippen LogP contribution is 2.29. The van der Waals surface area contributed by atoms with E-state index in [2.05, 4.69) is 10.3 Å². The Morgan fingerprint density at radius 3 is 2.67 bits per heavy atom. The van der Waals surface area contributed by atoms with Crippen molar-refractivity contribution >= 4 is 0 Å². The summed E-state index contributed by atoms with van der Waals surface area (Å²) in [5.41, 5.74) is 1.41. The molecule has 1 atom stereocenters. The molecule has 1 aliphatic carbocycles. The van der Waals surface area contributed by atoms with Crippen LogP contribution >= 0.6 is 0 Å². The number of nitrogens with zero attached hydrogens (tertiary/aromatic N) is 1. The molecule has 3 nitrogen and oxygen atoms in total. The van der Waals surface area contributed by atoms with Gasteiger partial charge in [0.1, 0.15) is 11.6 Å². The van der Waals surface area contributed by atoms with E-state index in [0.717, 1.165) is 30.7 Å². The number of rotatable bonds is 6. The van der Waals surface area contributed by atoms with Crippen molar-refractivity contribution in [3.8, 4) is 5.75 Å². The van der Waals surface area contributed by atoms with Crippen molar-refractivity contribution in [2.45, 2.75) is 31.9 Å².